The van der Waals surface area contributed by atoms with Crippen LogP contribution in [0, 0.1) is 0 Å². The van der Waals surface area contributed by atoms with Crippen molar-refractivity contribution in [2.75, 3.05) is 57.0 Å². The Bertz CT molecular complexity index is 3540. The summed E-state index contributed by atoms with van der Waals surface area (Å²) in [6, 6.07) is 0. The van der Waals surface area contributed by atoms with Gasteiger partial charge in [-0.15, -0.1) is 0 Å². The second-order valence-corrected chi connectivity index (χ2v) is 22.9. The molecule has 16 atom stereocenters. The highest BCUT2D eigenvalue weighted by molar-refractivity contribution is 7.66. The molecule has 9 rings (SSSR count). The molecule has 0 saturated carbocycles. The first kappa shape index (κ1) is 56.4. The molecule has 7 unspecified atom stereocenters. The van der Waals surface area contributed by atoms with E-state index in [1.807, 2.05) is 0 Å². The minimum absolute atomic E-state index is 0.0179. The zero-order valence-corrected chi connectivity index (χ0v) is 43.0. The molecule has 0 aliphatic carbocycles. The van der Waals surface area contributed by atoms with Crippen LogP contribution in [0.15, 0.2) is 28.6 Å². The largest absolute Gasteiger partial charge is 0.490 e. The number of imidazole rings is 3. The fourth-order valence-electron chi connectivity index (χ4n) is 8.65. The van der Waals surface area contributed by atoms with E-state index in [1.54, 1.807) is 0 Å². The van der Waals surface area contributed by atoms with Gasteiger partial charge in [0.2, 0.25) is 23.6 Å². The van der Waals surface area contributed by atoms with Gasteiger partial charge in [0.1, 0.15) is 60.5 Å². The molecule has 77 heavy (non-hydrogen) atoms. The number of nitrogens with zero attached hydrogens (tertiary/aromatic N) is 10. The lowest BCUT2D eigenvalue weighted by Gasteiger charge is -2.26. The summed E-state index contributed by atoms with van der Waals surface area (Å²) in [6.45, 7) is -3.29. The maximum absolute atomic E-state index is 13.7. The van der Waals surface area contributed by atoms with Crippen molar-refractivity contribution in [1.82, 2.24) is 53.6 Å². The highest BCUT2D eigenvalue weighted by atomic mass is 31.3. The summed E-state index contributed by atoms with van der Waals surface area (Å²) in [4.78, 5) is 96.1. The van der Waals surface area contributed by atoms with E-state index in [0.29, 0.717) is 0 Å². The van der Waals surface area contributed by atoms with Crippen LogP contribution in [0.5, 0.6) is 0 Å². The molecular formula is C33H47N16O24P4+. The van der Waals surface area contributed by atoms with Crippen LogP contribution in [-0.2, 0) is 75.7 Å². The average Bonchev–Trinajstić information content (AvgIpc) is 4.18. The first-order chi connectivity index (χ1) is 36.1. The molecule has 44 heteroatoms. The van der Waals surface area contributed by atoms with Crippen LogP contribution in [0.2, 0.25) is 0 Å². The van der Waals surface area contributed by atoms with E-state index in [4.69, 9.17) is 64.7 Å². The summed E-state index contributed by atoms with van der Waals surface area (Å²) in [5.41, 5.74) is 21.3. The Kier molecular flexibility index (Phi) is 15.4. The van der Waals surface area contributed by atoms with Gasteiger partial charge in [0.05, 0.1) is 39.5 Å². The number of phosphoric ester groups is 3. The van der Waals surface area contributed by atoms with Crippen molar-refractivity contribution in [2.24, 2.45) is 7.05 Å². The molecule has 6 aromatic rings. The predicted octanol–water partition coefficient (Wildman–Crippen LogP) is -4.47. The lowest BCUT2D eigenvalue weighted by Crippen LogP contribution is -2.46. The van der Waals surface area contributed by atoms with Crippen molar-refractivity contribution in [2.45, 2.75) is 73.6 Å². The number of aromatic amines is 2. The monoisotopic (exact) mass is 1180 g/mol. The number of fused-ring (bicyclic) bond motifs is 3. The van der Waals surface area contributed by atoms with Crippen molar-refractivity contribution < 1.29 is 108 Å². The number of H-pyrrole nitrogens is 2. The molecule has 6 aromatic heterocycles. The Labute approximate surface area is 426 Å². The molecule has 0 bridgehead atoms. The normalized spacial score (nSPS) is 30.0. The number of aliphatic hydroxyl groups is 3. The molecule has 0 amide bonds. The van der Waals surface area contributed by atoms with Gasteiger partial charge in [-0.1, -0.05) is 4.98 Å². The number of rotatable bonds is 20. The number of nitrogen functional groups attached to an aromatic ring is 4. The number of nitrogens with one attached hydrogen (secondary N) is 2. The summed E-state index contributed by atoms with van der Waals surface area (Å²) in [5.74, 6) is -1.13. The van der Waals surface area contributed by atoms with Gasteiger partial charge in [-0.2, -0.15) is 23.6 Å². The molecular weight excluding hydrogens is 1130 g/mol. The standard InChI is InChI=1S/C33H46N16O24P4/c1-46-9-49(25-15(46)27(54)45-33(37)43-25)29-18(52)19(63-2)11(69-29)5-66-75(57,58)72-77(61,62)73-76(59,60)67-6-12-20(21(64-3)30(70-12)48-7-38-13-22(34)40-31(35)41-23(13)48)71-74(55,56)65-4-10-16(50)17(51)28(68-10)47-8-39-14-24(47)42-32(36)44-26(14)53/h7-12,16-21,28-30,50-52H,4-6H2,1-3H3,(H13-,34,35,36,37,40,41,42,43,44,45,53,54,55,56,57,58,59,60,61,62)/p+1/t10-,11-,12-,16?,17+,18+,19?,20+,21?,28-,29-,30-/m1/s1. The van der Waals surface area contributed by atoms with Crippen LogP contribution in [0.1, 0.15) is 18.7 Å². The molecule has 3 saturated heterocycles. The average molecular weight is 1180 g/mol. The van der Waals surface area contributed by atoms with Crippen LogP contribution < -0.4 is 38.6 Å². The molecule has 40 nitrogen and oxygen atoms in total. The second kappa shape index (κ2) is 21.0. The summed E-state index contributed by atoms with van der Waals surface area (Å²) < 4.78 is 115. The van der Waals surface area contributed by atoms with Crippen molar-refractivity contribution in [1.29, 1.82) is 0 Å². The number of ether oxygens (including phenoxy) is 5. The molecule has 3 aliphatic heterocycles. The predicted molar refractivity (Wildman–Crippen MR) is 248 cm³/mol. The van der Waals surface area contributed by atoms with Crippen LogP contribution in [0.25, 0.3) is 33.5 Å². The lowest BCUT2D eigenvalue weighted by atomic mass is 10.1. The van der Waals surface area contributed by atoms with E-state index in [1.165, 1.54) is 22.5 Å². The molecule has 422 valence electrons. The van der Waals surface area contributed by atoms with Crippen LogP contribution in [0.4, 0.5) is 23.7 Å². The van der Waals surface area contributed by atoms with Crippen molar-refractivity contribution in [3.63, 3.8) is 0 Å². The van der Waals surface area contributed by atoms with E-state index in [-0.39, 0.29) is 57.2 Å². The van der Waals surface area contributed by atoms with Crippen LogP contribution >= 0.6 is 31.3 Å². The minimum atomic E-state index is -6.20. The van der Waals surface area contributed by atoms with Gasteiger partial charge >= 0.3 is 36.9 Å². The van der Waals surface area contributed by atoms with Gasteiger partial charge in [-0.3, -0.25) is 51.4 Å². The molecule has 9 heterocycles. The number of phosphoric acid groups is 4. The highest BCUT2D eigenvalue weighted by Gasteiger charge is 2.54. The number of nitrogens with two attached hydrogens (primary N) is 4. The van der Waals surface area contributed by atoms with E-state index >= 15 is 0 Å². The molecule has 0 aromatic carbocycles. The second-order valence-electron chi connectivity index (χ2n) is 16.9. The third-order valence-electron chi connectivity index (χ3n) is 11.9. The molecule has 3 aliphatic rings. The van der Waals surface area contributed by atoms with Gasteiger partial charge in [0.25, 0.3) is 17.1 Å². The van der Waals surface area contributed by atoms with E-state index in [2.05, 4.69) is 48.5 Å². The number of aryl methyl sites for hydroxylation is 1. The zero-order chi connectivity index (χ0) is 55.8. The first-order valence-electron chi connectivity index (χ1n) is 21.8. The SMILES string of the molecule is COC1[C@@H](OP(=O)(O)OC[C@H]2O[C@@H](n3cnc4c(=O)[nH]c(N)nc43)[C@@H](O)C2O)[C@@H](COP(=O)(O)OP(=O)(O)OP(=O)(O)OC[C@H]2O[C@@H]([n+]3cn(C)c4c(=O)[nH]c(N)nc43)[C@@H](O)C2OC)O[C@H]1n1cnc2c(N)nc(N)nc21. The Morgan fingerprint density at radius 3 is 1.84 bits per heavy atom. The third kappa shape index (κ3) is 11.3. The van der Waals surface area contributed by atoms with Crippen molar-refractivity contribution >= 4 is 88.4 Å². The summed E-state index contributed by atoms with van der Waals surface area (Å²) in [7, 11) is -19.8. The van der Waals surface area contributed by atoms with Gasteiger partial charge < -0.3 is 81.5 Å². The topological polar surface area (TPSA) is 577 Å². The molecule has 17 N–H and O–H groups in total. The molecule has 3 fully saturated rings. The third-order valence-corrected chi connectivity index (χ3v) is 17.1. The maximum Gasteiger partial charge on any atom is 0.490 e. The van der Waals surface area contributed by atoms with Gasteiger partial charge in [-0.25, -0.2) is 32.8 Å². The number of aromatic nitrogens is 12. The molecule has 0 radical (unpaired) electrons. The van der Waals surface area contributed by atoms with Crippen LogP contribution in [-0.4, -0.2) is 177 Å². The Hall–Kier alpha value is -5.35. The Balaban J connectivity index is 0.874. The Morgan fingerprint density at radius 2 is 1.19 bits per heavy atom. The van der Waals surface area contributed by atoms with Crippen molar-refractivity contribution in [3.8, 4) is 0 Å². The number of aliphatic hydroxyl groups excluding tert-OH is 3. The highest BCUT2D eigenvalue weighted by Crippen LogP contribution is 2.68. The summed E-state index contributed by atoms with van der Waals surface area (Å²) in [6.07, 6.45) is -15.9. The van der Waals surface area contributed by atoms with Gasteiger partial charge in [0, 0.05) is 14.2 Å². The zero-order valence-electron chi connectivity index (χ0n) is 39.4. The lowest BCUT2D eigenvalue weighted by molar-refractivity contribution is -0.745. The first-order valence-corrected chi connectivity index (χ1v) is 27.7. The number of hydrogen-bond acceptors (Lipinski definition) is 30. The summed E-state index contributed by atoms with van der Waals surface area (Å²) in [5, 5.41) is 32.9. The summed E-state index contributed by atoms with van der Waals surface area (Å²) >= 11 is 0. The fraction of sp³-hybridized carbons (Fsp3) is 0.545. The van der Waals surface area contributed by atoms with E-state index in [9.17, 15) is 62.7 Å². The van der Waals surface area contributed by atoms with E-state index < -0.39 is 136 Å². The number of methoxy groups -OCH3 is 2. The smallest absolute Gasteiger partial charge is 0.387 e. The fourth-order valence-corrected chi connectivity index (χ4v) is 13.1. The minimum Gasteiger partial charge on any atom is -0.387 e. The number of anilines is 4. The molecule has 0 spiro atoms. The number of hydrogen-bond donors (Lipinski definition) is 13. The van der Waals surface area contributed by atoms with Gasteiger partial charge in [-0.05, 0) is 0 Å². The maximum atomic E-state index is 13.7. The van der Waals surface area contributed by atoms with Gasteiger partial charge in [0.15, 0.2) is 41.4 Å². The van der Waals surface area contributed by atoms with Crippen molar-refractivity contribution in [3.05, 3.63) is 39.7 Å². The quantitative estimate of drug-likeness (QED) is 0.0253. The van der Waals surface area contributed by atoms with Crippen LogP contribution in [0.3, 0.4) is 0 Å². The van der Waals surface area contributed by atoms with E-state index in [0.717, 1.165) is 36.0 Å². The Morgan fingerprint density at radius 1 is 0.649 bits per heavy atom.